The minimum Gasteiger partial charge on any atom is -0.493 e. The normalized spacial score (nSPS) is 10.2. The van der Waals surface area contributed by atoms with E-state index in [0.29, 0.717) is 17.1 Å². The van der Waals surface area contributed by atoms with Crippen LogP contribution in [0, 0.1) is 0 Å². The Morgan fingerprint density at radius 3 is 2.53 bits per heavy atom. The van der Waals surface area contributed by atoms with Crippen molar-refractivity contribution in [3.63, 3.8) is 0 Å². The summed E-state index contributed by atoms with van der Waals surface area (Å²) in [6.45, 7) is 1.29. The molecule has 5 heteroatoms. The van der Waals surface area contributed by atoms with Gasteiger partial charge in [0.2, 0.25) is 0 Å². The van der Waals surface area contributed by atoms with E-state index in [9.17, 15) is 9.59 Å². The smallest absolute Gasteiger partial charge is 0.328 e. The van der Waals surface area contributed by atoms with Crippen LogP contribution in [0.5, 0.6) is 11.5 Å². The first kappa shape index (κ1) is 12.8. The van der Waals surface area contributed by atoms with Crippen LogP contribution in [0.25, 0.3) is 6.08 Å². The average Bonchev–Trinajstić information content (AvgIpc) is 2.26. The third-order valence-corrected chi connectivity index (χ3v) is 1.86. The fourth-order valence-electron chi connectivity index (χ4n) is 1.19. The van der Waals surface area contributed by atoms with Crippen molar-refractivity contribution in [2.75, 3.05) is 7.11 Å². The second kappa shape index (κ2) is 5.69. The van der Waals surface area contributed by atoms with Crippen LogP contribution in [-0.2, 0) is 9.59 Å². The topological polar surface area (TPSA) is 72.8 Å². The van der Waals surface area contributed by atoms with Crippen molar-refractivity contribution in [2.24, 2.45) is 0 Å². The van der Waals surface area contributed by atoms with Gasteiger partial charge >= 0.3 is 11.9 Å². The second-order valence-corrected chi connectivity index (χ2v) is 3.18. The van der Waals surface area contributed by atoms with Crippen LogP contribution in [0.1, 0.15) is 12.5 Å². The number of carbonyl (C=O) groups is 2. The van der Waals surface area contributed by atoms with Crippen LogP contribution in [-0.4, -0.2) is 24.2 Å². The molecule has 90 valence electrons. The molecule has 0 saturated carbocycles. The van der Waals surface area contributed by atoms with Gasteiger partial charge in [-0.2, -0.15) is 0 Å². The molecule has 0 unspecified atom stereocenters. The molecule has 0 aliphatic rings. The molecule has 0 atom stereocenters. The number of ether oxygens (including phenoxy) is 2. The van der Waals surface area contributed by atoms with Crippen LogP contribution in [0.15, 0.2) is 24.3 Å². The Kier molecular flexibility index (Phi) is 4.28. The number of aliphatic carboxylic acids is 1. The first-order chi connectivity index (χ1) is 8.02. The Morgan fingerprint density at radius 1 is 1.29 bits per heavy atom. The highest BCUT2D eigenvalue weighted by atomic mass is 16.6. The number of esters is 1. The van der Waals surface area contributed by atoms with Crippen molar-refractivity contribution in [1.82, 2.24) is 0 Å². The molecule has 0 bridgehead atoms. The van der Waals surface area contributed by atoms with Crippen LogP contribution >= 0.6 is 0 Å². The number of carboxylic acids is 1. The molecular weight excluding hydrogens is 224 g/mol. The SMILES string of the molecule is COc1cc(/C=C\C(=O)O)ccc1OC(C)=O. The van der Waals surface area contributed by atoms with Crippen molar-refractivity contribution >= 4 is 18.0 Å². The molecule has 17 heavy (non-hydrogen) atoms. The van der Waals surface area contributed by atoms with Gasteiger partial charge in [0.15, 0.2) is 11.5 Å². The predicted molar refractivity (Wildman–Crippen MR) is 61.0 cm³/mol. The monoisotopic (exact) mass is 236 g/mol. The fraction of sp³-hybridized carbons (Fsp3) is 0.167. The first-order valence-electron chi connectivity index (χ1n) is 4.80. The van der Waals surface area contributed by atoms with Gasteiger partial charge in [-0.25, -0.2) is 4.79 Å². The molecule has 0 radical (unpaired) electrons. The van der Waals surface area contributed by atoms with Crippen molar-refractivity contribution in [2.45, 2.75) is 6.92 Å². The van der Waals surface area contributed by atoms with Gasteiger partial charge in [-0.1, -0.05) is 6.07 Å². The van der Waals surface area contributed by atoms with Crippen molar-refractivity contribution < 1.29 is 24.2 Å². The molecule has 0 heterocycles. The zero-order valence-corrected chi connectivity index (χ0v) is 9.47. The van der Waals surface area contributed by atoms with Crippen molar-refractivity contribution in [3.8, 4) is 11.5 Å². The van der Waals surface area contributed by atoms with Crippen LogP contribution in [0.3, 0.4) is 0 Å². The fourth-order valence-corrected chi connectivity index (χ4v) is 1.19. The summed E-state index contributed by atoms with van der Waals surface area (Å²) in [7, 11) is 1.44. The van der Waals surface area contributed by atoms with Gasteiger partial charge in [0, 0.05) is 13.0 Å². The number of carbonyl (C=O) groups excluding carboxylic acids is 1. The molecule has 1 aromatic rings. The molecule has 0 amide bonds. The molecule has 1 N–H and O–H groups in total. The number of rotatable bonds is 4. The van der Waals surface area contributed by atoms with E-state index in [2.05, 4.69) is 0 Å². The molecule has 0 aliphatic carbocycles. The van der Waals surface area contributed by atoms with E-state index in [0.717, 1.165) is 6.08 Å². The van der Waals surface area contributed by atoms with Gasteiger partial charge in [0.1, 0.15) is 0 Å². The first-order valence-corrected chi connectivity index (χ1v) is 4.80. The molecule has 1 aromatic carbocycles. The molecule has 0 aromatic heterocycles. The molecule has 1 rings (SSSR count). The maximum atomic E-state index is 10.8. The third-order valence-electron chi connectivity index (χ3n) is 1.86. The molecule has 5 nitrogen and oxygen atoms in total. The standard InChI is InChI=1S/C12H12O5/c1-8(13)17-10-5-3-9(4-6-12(14)15)7-11(10)16-2/h3-7H,1-2H3,(H,14,15)/b6-4-. The molecule has 0 saturated heterocycles. The van der Waals surface area contributed by atoms with Gasteiger partial charge in [-0.15, -0.1) is 0 Å². The third kappa shape index (κ3) is 3.98. The number of carboxylic acid groups (broad SMARTS) is 1. The Balaban J connectivity index is 2.99. The summed E-state index contributed by atoms with van der Waals surface area (Å²) in [4.78, 5) is 21.2. The number of hydrogen-bond donors (Lipinski definition) is 1. The summed E-state index contributed by atoms with van der Waals surface area (Å²) in [5, 5.41) is 8.49. The summed E-state index contributed by atoms with van der Waals surface area (Å²) in [5.41, 5.74) is 0.639. The van der Waals surface area contributed by atoms with Gasteiger partial charge in [0.05, 0.1) is 7.11 Å². The quantitative estimate of drug-likeness (QED) is 0.489. The Bertz CT molecular complexity index is 462. The molecular formula is C12H12O5. The summed E-state index contributed by atoms with van der Waals surface area (Å²) >= 11 is 0. The van der Waals surface area contributed by atoms with E-state index in [1.54, 1.807) is 18.2 Å². The zero-order chi connectivity index (χ0) is 12.8. The number of benzene rings is 1. The maximum Gasteiger partial charge on any atom is 0.328 e. The summed E-state index contributed by atoms with van der Waals surface area (Å²) in [6, 6.07) is 4.75. The van der Waals surface area contributed by atoms with Gasteiger partial charge < -0.3 is 14.6 Å². The largest absolute Gasteiger partial charge is 0.493 e. The summed E-state index contributed by atoms with van der Waals surface area (Å²) in [6.07, 6.45) is 2.43. The van der Waals surface area contributed by atoms with Gasteiger partial charge in [0.25, 0.3) is 0 Å². The van der Waals surface area contributed by atoms with E-state index >= 15 is 0 Å². The van der Waals surface area contributed by atoms with Crippen molar-refractivity contribution in [1.29, 1.82) is 0 Å². The lowest BCUT2D eigenvalue weighted by molar-refractivity contribution is -0.132. The highest BCUT2D eigenvalue weighted by Gasteiger charge is 2.06. The van der Waals surface area contributed by atoms with E-state index in [4.69, 9.17) is 14.6 Å². The maximum absolute atomic E-state index is 10.8. The zero-order valence-electron chi connectivity index (χ0n) is 9.47. The van der Waals surface area contributed by atoms with E-state index in [1.807, 2.05) is 0 Å². The Hall–Kier alpha value is -2.30. The highest BCUT2D eigenvalue weighted by molar-refractivity contribution is 5.85. The molecule has 0 aliphatic heterocycles. The average molecular weight is 236 g/mol. The minimum absolute atomic E-state index is 0.299. The lowest BCUT2D eigenvalue weighted by Gasteiger charge is -2.08. The van der Waals surface area contributed by atoms with E-state index < -0.39 is 11.9 Å². The highest BCUT2D eigenvalue weighted by Crippen LogP contribution is 2.28. The lowest BCUT2D eigenvalue weighted by atomic mass is 10.2. The lowest BCUT2D eigenvalue weighted by Crippen LogP contribution is -2.03. The number of hydrogen-bond acceptors (Lipinski definition) is 4. The molecule has 0 spiro atoms. The second-order valence-electron chi connectivity index (χ2n) is 3.18. The summed E-state index contributed by atoms with van der Waals surface area (Å²) < 4.78 is 9.95. The summed E-state index contributed by atoms with van der Waals surface area (Å²) in [5.74, 6) is -0.814. The van der Waals surface area contributed by atoms with Crippen LogP contribution < -0.4 is 9.47 Å². The molecule has 0 fully saturated rings. The van der Waals surface area contributed by atoms with Crippen molar-refractivity contribution in [3.05, 3.63) is 29.8 Å². The number of methoxy groups -OCH3 is 1. The predicted octanol–water partition coefficient (Wildman–Crippen LogP) is 1.72. The Morgan fingerprint density at radius 2 is 2.00 bits per heavy atom. The van der Waals surface area contributed by atoms with Crippen LogP contribution in [0.2, 0.25) is 0 Å². The van der Waals surface area contributed by atoms with Crippen LogP contribution in [0.4, 0.5) is 0 Å². The van der Waals surface area contributed by atoms with Gasteiger partial charge in [-0.05, 0) is 23.8 Å². The Labute approximate surface area is 98.3 Å². The van der Waals surface area contributed by atoms with Gasteiger partial charge in [-0.3, -0.25) is 4.79 Å². The van der Waals surface area contributed by atoms with E-state index in [1.165, 1.54) is 20.1 Å². The van der Waals surface area contributed by atoms with E-state index in [-0.39, 0.29) is 0 Å². The minimum atomic E-state index is -1.03.